The first-order valence-electron chi connectivity index (χ1n) is 8.20. The van der Waals surface area contributed by atoms with E-state index < -0.39 is 0 Å². The molecule has 132 valence electrons. The fourth-order valence-corrected chi connectivity index (χ4v) is 2.47. The summed E-state index contributed by atoms with van der Waals surface area (Å²) in [6, 6.07) is 14.7. The van der Waals surface area contributed by atoms with Crippen molar-refractivity contribution < 1.29 is 14.3 Å². The van der Waals surface area contributed by atoms with Gasteiger partial charge >= 0.3 is 0 Å². The largest absolute Gasteiger partial charge is 0.484 e. The fourth-order valence-electron chi connectivity index (χ4n) is 2.34. The lowest BCUT2D eigenvalue weighted by molar-refractivity contribution is -0.123. The number of carbonyl (C=O) groups excluding carboxylic acids is 2. The van der Waals surface area contributed by atoms with Crippen LogP contribution in [0.4, 0.5) is 0 Å². The predicted molar refractivity (Wildman–Crippen MR) is 98.9 cm³/mol. The molecule has 0 bridgehead atoms. The van der Waals surface area contributed by atoms with Gasteiger partial charge in [-0.15, -0.1) is 0 Å². The Morgan fingerprint density at radius 3 is 2.32 bits per heavy atom. The number of rotatable bonds is 8. The Labute approximate surface area is 153 Å². The Bertz CT molecular complexity index is 711. The quantitative estimate of drug-likeness (QED) is 0.771. The van der Waals surface area contributed by atoms with Crippen LogP contribution in [0.2, 0.25) is 5.02 Å². The molecule has 5 heteroatoms. The van der Waals surface area contributed by atoms with Crippen LogP contribution < -0.4 is 10.1 Å². The summed E-state index contributed by atoms with van der Waals surface area (Å²) in [6.07, 6.45) is 1.25. The van der Waals surface area contributed by atoms with E-state index in [1.54, 1.807) is 19.1 Å². The first-order valence-corrected chi connectivity index (χ1v) is 8.58. The van der Waals surface area contributed by atoms with Crippen molar-refractivity contribution in [2.24, 2.45) is 0 Å². The van der Waals surface area contributed by atoms with Crippen molar-refractivity contribution in [3.05, 3.63) is 64.7 Å². The molecule has 0 saturated carbocycles. The smallest absolute Gasteiger partial charge is 0.258 e. The summed E-state index contributed by atoms with van der Waals surface area (Å²) >= 11 is 5.86. The van der Waals surface area contributed by atoms with Crippen molar-refractivity contribution in [2.45, 2.75) is 32.7 Å². The third-order valence-corrected chi connectivity index (χ3v) is 4.06. The molecule has 0 radical (unpaired) electrons. The minimum atomic E-state index is -0.192. The third-order valence-electron chi connectivity index (χ3n) is 3.81. The van der Waals surface area contributed by atoms with Gasteiger partial charge in [-0.25, -0.2) is 0 Å². The molecule has 1 unspecified atom stereocenters. The van der Waals surface area contributed by atoms with Crippen molar-refractivity contribution in [1.29, 1.82) is 0 Å². The van der Waals surface area contributed by atoms with Gasteiger partial charge in [0.15, 0.2) is 6.61 Å². The number of amides is 1. The molecule has 0 aromatic heterocycles. The lowest BCUT2D eigenvalue weighted by atomic mass is 10.1. The molecule has 0 saturated heterocycles. The van der Waals surface area contributed by atoms with E-state index in [4.69, 9.17) is 16.3 Å². The Morgan fingerprint density at radius 1 is 1.08 bits per heavy atom. The maximum absolute atomic E-state index is 12.0. The molecule has 4 nitrogen and oxygen atoms in total. The van der Waals surface area contributed by atoms with E-state index in [0.717, 1.165) is 11.1 Å². The van der Waals surface area contributed by atoms with Crippen molar-refractivity contribution in [1.82, 2.24) is 5.32 Å². The summed E-state index contributed by atoms with van der Waals surface area (Å²) in [5.74, 6) is 0.607. The van der Waals surface area contributed by atoms with Gasteiger partial charge in [-0.2, -0.15) is 0 Å². The number of ether oxygens (including phenoxy) is 1. The Hall–Kier alpha value is -2.33. The summed E-state index contributed by atoms with van der Waals surface area (Å²) in [5, 5.41) is 3.55. The van der Waals surface area contributed by atoms with Gasteiger partial charge < -0.3 is 14.8 Å². The summed E-state index contributed by atoms with van der Waals surface area (Å²) < 4.78 is 5.50. The number of benzene rings is 2. The van der Waals surface area contributed by atoms with Crippen LogP contribution in [0.5, 0.6) is 5.75 Å². The average molecular weight is 360 g/mol. The molecule has 0 aliphatic rings. The summed E-state index contributed by atoms with van der Waals surface area (Å²) in [6.45, 7) is 3.44. The van der Waals surface area contributed by atoms with Gasteiger partial charge in [0.1, 0.15) is 11.5 Å². The second-order valence-electron chi connectivity index (χ2n) is 5.98. The molecule has 0 fully saturated rings. The molecular formula is C20H22ClNO3. The van der Waals surface area contributed by atoms with Crippen molar-refractivity contribution in [3.63, 3.8) is 0 Å². The highest BCUT2D eigenvalue weighted by Gasteiger charge is 2.10. The normalized spacial score (nSPS) is 11.6. The first kappa shape index (κ1) is 19.0. The monoisotopic (exact) mass is 359 g/mol. The zero-order valence-corrected chi connectivity index (χ0v) is 15.2. The number of ketones is 1. The number of nitrogens with one attached hydrogen (secondary N) is 1. The van der Waals surface area contributed by atoms with E-state index in [-0.39, 0.29) is 24.3 Å². The van der Waals surface area contributed by atoms with Crippen molar-refractivity contribution in [3.8, 4) is 5.75 Å². The fraction of sp³-hybridized carbons (Fsp3) is 0.300. The maximum Gasteiger partial charge on any atom is 0.258 e. The van der Waals surface area contributed by atoms with Crippen LogP contribution >= 0.6 is 11.6 Å². The molecule has 25 heavy (non-hydrogen) atoms. The SMILES string of the molecule is CC(=O)CCc1ccc(OCC(=O)NC(C)c2ccc(Cl)cc2)cc1. The molecule has 0 aliphatic heterocycles. The molecular weight excluding hydrogens is 338 g/mol. The summed E-state index contributed by atoms with van der Waals surface area (Å²) in [7, 11) is 0. The van der Waals surface area contributed by atoms with E-state index in [0.29, 0.717) is 23.6 Å². The Balaban J connectivity index is 1.79. The molecule has 1 amide bonds. The number of Topliss-reactive ketones (excluding diaryl/α,β-unsaturated/α-hetero) is 1. The number of halogens is 1. The highest BCUT2D eigenvalue weighted by Crippen LogP contribution is 2.16. The number of carbonyl (C=O) groups is 2. The Kier molecular flexibility index (Phi) is 7.02. The van der Waals surface area contributed by atoms with Gasteiger partial charge in [0, 0.05) is 11.4 Å². The second kappa shape index (κ2) is 9.23. The zero-order valence-electron chi connectivity index (χ0n) is 14.4. The standard InChI is InChI=1S/C20H22ClNO3/c1-14(23)3-4-16-5-11-19(12-6-16)25-13-20(24)22-15(2)17-7-9-18(21)10-8-17/h5-12,15H,3-4,13H2,1-2H3,(H,22,24). The molecule has 2 rings (SSSR count). The molecule has 2 aromatic carbocycles. The third kappa shape index (κ3) is 6.59. The van der Waals surface area contributed by atoms with Crippen LogP contribution in [0.3, 0.4) is 0 Å². The molecule has 0 heterocycles. The molecule has 1 N–H and O–H groups in total. The maximum atomic E-state index is 12.0. The molecule has 2 aromatic rings. The van der Waals surface area contributed by atoms with Gasteiger partial charge in [0.05, 0.1) is 6.04 Å². The van der Waals surface area contributed by atoms with Crippen LogP contribution in [0, 0.1) is 0 Å². The van der Waals surface area contributed by atoms with Gasteiger partial charge in [-0.1, -0.05) is 35.9 Å². The highest BCUT2D eigenvalue weighted by atomic mass is 35.5. The number of aryl methyl sites for hydroxylation is 1. The minimum Gasteiger partial charge on any atom is -0.484 e. The highest BCUT2D eigenvalue weighted by molar-refractivity contribution is 6.30. The van der Waals surface area contributed by atoms with Crippen LogP contribution in [0.25, 0.3) is 0 Å². The van der Waals surface area contributed by atoms with Gasteiger partial charge in [0.2, 0.25) is 0 Å². The molecule has 1 atom stereocenters. The molecule has 0 spiro atoms. The van der Waals surface area contributed by atoms with Crippen LogP contribution in [0.15, 0.2) is 48.5 Å². The van der Waals surface area contributed by atoms with E-state index in [9.17, 15) is 9.59 Å². The van der Waals surface area contributed by atoms with Gasteiger partial charge in [0.25, 0.3) is 5.91 Å². The lowest BCUT2D eigenvalue weighted by Gasteiger charge is -2.15. The minimum absolute atomic E-state index is 0.0509. The molecule has 0 aliphatic carbocycles. The summed E-state index contributed by atoms with van der Waals surface area (Å²) in [5.41, 5.74) is 2.05. The van der Waals surface area contributed by atoms with Gasteiger partial charge in [-0.3, -0.25) is 4.79 Å². The lowest BCUT2D eigenvalue weighted by Crippen LogP contribution is -2.31. The van der Waals surface area contributed by atoms with E-state index in [1.807, 2.05) is 43.3 Å². The number of hydrogen-bond acceptors (Lipinski definition) is 3. The zero-order chi connectivity index (χ0) is 18.2. The summed E-state index contributed by atoms with van der Waals surface area (Å²) in [4.78, 5) is 23.0. The van der Waals surface area contributed by atoms with Crippen LogP contribution in [-0.2, 0) is 16.0 Å². The van der Waals surface area contributed by atoms with Crippen LogP contribution in [-0.4, -0.2) is 18.3 Å². The van der Waals surface area contributed by atoms with Gasteiger partial charge in [-0.05, 0) is 55.7 Å². The van der Waals surface area contributed by atoms with E-state index in [1.165, 1.54) is 0 Å². The predicted octanol–water partition coefficient (Wildman–Crippen LogP) is 4.12. The average Bonchev–Trinajstić information content (AvgIpc) is 2.59. The topological polar surface area (TPSA) is 55.4 Å². The van der Waals surface area contributed by atoms with Crippen LogP contribution in [0.1, 0.15) is 37.4 Å². The van der Waals surface area contributed by atoms with Crippen molar-refractivity contribution >= 4 is 23.3 Å². The number of hydrogen-bond donors (Lipinski definition) is 1. The van der Waals surface area contributed by atoms with E-state index in [2.05, 4.69) is 5.32 Å². The van der Waals surface area contributed by atoms with Crippen molar-refractivity contribution in [2.75, 3.05) is 6.61 Å². The first-order chi connectivity index (χ1) is 11.9. The second-order valence-corrected chi connectivity index (χ2v) is 6.41. The van der Waals surface area contributed by atoms with E-state index >= 15 is 0 Å². The Morgan fingerprint density at radius 2 is 1.72 bits per heavy atom.